The predicted octanol–water partition coefficient (Wildman–Crippen LogP) is 1.62. The molecule has 1 atom stereocenters. The van der Waals surface area contributed by atoms with Crippen molar-refractivity contribution in [1.82, 2.24) is 10.2 Å². The third kappa shape index (κ3) is 2.61. The maximum absolute atomic E-state index is 13.7. The molecule has 1 aromatic carbocycles. The maximum Gasteiger partial charge on any atom is 0.238 e. The van der Waals surface area contributed by atoms with Crippen LogP contribution in [0.3, 0.4) is 0 Å². The minimum absolute atomic E-state index is 0.0345. The molecule has 1 fully saturated rings. The summed E-state index contributed by atoms with van der Waals surface area (Å²) in [7, 11) is 0. The molecule has 92 valence electrons. The molecule has 0 spiro atoms. The Morgan fingerprint density at radius 3 is 3.00 bits per heavy atom. The van der Waals surface area contributed by atoms with E-state index in [2.05, 4.69) is 5.32 Å². The second-order valence-corrected chi connectivity index (χ2v) is 4.87. The zero-order valence-electron chi connectivity index (χ0n) is 9.65. The van der Waals surface area contributed by atoms with Crippen LogP contribution in [0.25, 0.3) is 0 Å². The van der Waals surface area contributed by atoms with Crippen molar-refractivity contribution in [2.24, 2.45) is 0 Å². The van der Waals surface area contributed by atoms with Gasteiger partial charge in [-0.25, -0.2) is 4.39 Å². The number of rotatable bonds is 4. The van der Waals surface area contributed by atoms with Gasteiger partial charge in [-0.2, -0.15) is 11.8 Å². The number of amides is 1. The van der Waals surface area contributed by atoms with Gasteiger partial charge >= 0.3 is 0 Å². The number of thioether (sulfide) groups is 1. The van der Waals surface area contributed by atoms with Gasteiger partial charge < -0.3 is 4.90 Å². The van der Waals surface area contributed by atoms with Gasteiger partial charge in [0, 0.05) is 17.9 Å². The molecule has 3 nitrogen and oxygen atoms in total. The minimum Gasteiger partial charge on any atom is -0.321 e. The molecule has 1 saturated heterocycles. The second kappa shape index (κ2) is 5.51. The molecule has 1 amide bonds. The van der Waals surface area contributed by atoms with Crippen LogP contribution in [0.5, 0.6) is 0 Å². The van der Waals surface area contributed by atoms with Crippen molar-refractivity contribution < 1.29 is 9.18 Å². The van der Waals surface area contributed by atoms with Crippen molar-refractivity contribution in [3.05, 3.63) is 35.6 Å². The summed E-state index contributed by atoms with van der Waals surface area (Å²) in [6.07, 6.45) is 1.67. The summed E-state index contributed by atoms with van der Waals surface area (Å²) in [4.78, 5) is 13.4. The molecule has 1 N–H and O–H groups in total. The van der Waals surface area contributed by atoms with Gasteiger partial charge in [0.05, 0.1) is 6.54 Å². The largest absolute Gasteiger partial charge is 0.321 e. The highest BCUT2D eigenvalue weighted by molar-refractivity contribution is 7.98. The average Bonchev–Trinajstić information content (AvgIpc) is 2.69. The molecular weight excluding hydrogens is 239 g/mol. The fraction of sp³-hybridized carbons (Fsp3) is 0.417. The summed E-state index contributed by atoms with van der Waals surface area (Å²) in [6.45, 7) is 0.930. The Balaban J connectivity index is 2.19. The number of nitrogens with zero attached hydrogens (tertiary/aromatic N) is 1. The SMILES string of the molecule is CSCCN1C(=O)CNC1c1ccccc1F. The highest BCUT2D eigenvalue weighted by Gasteiger charge is 2.32. The van der Waals surface area contributed by atoms with Crippen LogP contribution < -0.4 is 5.32 Å². The molecule has 0 aromatic heterocycles. The Kier molecular flexibility index (Phi) is 4.02. The van der Waals surface area contributed by atoms with Gasteiger partial charge in [-0.1, -0.05) is 18.2 Å². The lowest BCUT2D eigenvalue weighted by Gasteiger charge is -2.24. The van der Waals surface area contributed by atoms with E-state index in [4.69, 9.17) is 0 Å². The molecule has 5 heteroatoms. The van der Waals surface area contributed by atoms with Crippen LogP contribution in [0.15, 0.2) is 24.3 Å². The first kappa shape index (κ1) is 12.4. The van der Waals surface area contributed by atoms with Crippen molar-refractivity contribution in [2.75, 3.05) is 25.1 Å². The normalized spacial score (nSPS) is 20.0. The number of hydrogen-bond donors (Lipinski definition) is 1. The molecule has 1 aromatic rings. The molecule has 1 unspecified atom stereocenters. The van der Waals surface area contributed by atoms with Gasteiger partial charge in [0.25, 0.3) is 0 Å². The molecular formula is C12H15FN2OS. The lowest BCUT2D eigenvalue weighted by Crippen LogP contribution is -2.32. The van der Waals surface area contributed by atoms with Crippen molar-refractivity contribution in [2.45, 2.75) is 6.17 Å². The van der Waals surface area contributed by atoms with Gasteiger partial charge in [-0.15, -0.1) is 0 Å². The van der Waals surface area contributed by atoms with E-state index >= 15 is 0 Å². The van der Waals surface area contributed by atoms with Gasteiger partial charge in [0.2, 0.25) is 5.91 Å². The number of carbonyl (C=O) groups is 1. The van der Waals surface area contributed by atoms with E-state index < -0.39 is 0 Å². The smallest absolute Gasteiger partial charge is 0.238 e. The first-order chi connectivity index (χ1) is 8.24. The molecule has 0 radical (unpaired) electrons. The van der Waals surface area contributed by atoms with E-state index in [1.54, 1.807) is 34.9 Å². The Bertz CT molecular complexity index is 413. The van der Waals surface area contributed by atoms with Crippen LogP contribution >= 0.6 is 11.8 Å². The number of hydrogen-bond acceptors (Lipinski definition) is 3. The summed E-state index contributed by atoms with van der Waals surface area (Å²) in [5, 5.41) is 3.05. The predicted molar refractivity (Wildman–Crippen MR) is 67.2 cm³/mol. The van der Waals surface area contributed by atoms with Crippen molar-refractivity contribution in [1.29, 1.82) is 0 Å². The van der Waals surface area contributed by atoms with Crippen molar-refractivity contribution in [3.8, 4) is 0 Å². The van der Waals surface area contributed by atoms with Crippen LogP contribution in [0, 0.1) is 5.82 Å². The van der Waals surface area contributed by atoms with Crippen molar-refractivity contribution in [3.63, 3.8) is 0 Å². The first-order valence-electron chi connectivity index (χ1n) is 5.50. The zero-order chi connectivity index (χ0) is 12.3. The van der Waals surface area contributed by atoms with Crippen molar-refractivity contribution >= 4 is 17.7 Å². The minimum atomic E-state index is -0.323. The van der Waals surface area contributed by atoms with Crippen LogP contribution in [0.1, 0.15) is 11.7 Å². The molecule has 1 aliphatic heterocycles. The van der Waals surface area contributed by atoms with Gasteiger partial charge in [-0.3, -0.25) is 10.1 Å². The van der Waals surface area contributed by atoms with Gasteiger partial charge in [0.15, 0.2) is 0 Å². The van der Waals surface area contributed by atoms with Gasteiger partial charge in [0.1, 0.15) is 12.0 Å². The van der Waals surface area contributed by atoms with Crippen LogP contribution in [-0.2, 0) is 4.79 Å². The summed E-state index contributed by atoms with van der Waals surface area (Å²) in [5.41, 5.74) is 0.541. The third-order valence-electron chi connectivity index (χ3n) is 2.81. The van der Waals surface area contributed by atoms with Crippen LogP contribution in [0.2, 0.25) is 0 Å². The Morgan fingerprint density at radius 1 is 1.53 bits per heavy atom. The average molecular weight is 254 g/mol. The molecule has 0 saturated carbocycles. The third-order valence-corrected chi connectivity index (χ3v) is 3.41. The molecule has 0 bridgehead atoms. The molecule has 1 aliphatic rings. The van der Waals surface area contributed by atoms with E-state index in [9.17, 15) is 9.18 Å². The van der Waals surface area contributed by atoms with E-state index in [-0.39, 0.29) is 24.4 Å². The lowest BCUT2D eigenvalue weighted by molar-refractivity contribution is -0.127. The quantitative estimate of drug-likeness (QED) is 0.886. The fourth-order valence-corrected chi connectivity index (χ4v) is 2.34. The van der Waals surface area contributed by atoms with E-state index in [1.165, 1.54) is 6.07 Å². The summed E-state index contributed by atoms with van der Waals surface area (Å²) in [6, 6.07) is 6.59. The number of benzene rings is 1. The Labute approximate surface area is 104 Å². The van der Waals surface area contributed by atoms with Crippen LogP contribution in [0.4, 0.5) is 4.39 Å². The second-order valence-electron chi connectivity index (χ2n) is 3.88. The molecule has 1 heterocycles. The standard InChI is InChI=1S/C12H15FN2OS/c1-17-7-6-15-11(16)8-14-12(15)9-4-2-3-5-10(9)13/h2-5,12,14H,6-8H2,1H3. The number of carbonyl (C=O) groups excluding carboxylic acids is 1. The summed E-state index contributed by atoms with van der Waals surface area (Å²) >= 11 is 1.68. The monoisotopic (exact) mass is 254 g/mol. The number of halogens is 1. The Morgan fingerprint density at radius 2 is 2.29 bits per heavy atom. The first-order valence-corrected chi connectivity index (χ1v) is 6.89. The maximum atomic E-state index is 13.7. The van der Waals surface area contributed by atoms with Gasteiger partial charge in [-0.05, 0) is 12.3 Å². The van der Waals surface area contributed by atoms with Crippen LogP contribution in [-0.4, -0.2) is 35.9 Å². The highest BCUT2D eigenvalue weighted by Crippen LogP contribution is 2.24. The summed E-state index contributed by atoms with van der Waals surface area (Å²) in [5.74, 6) is 0.624. The highest BCUT2D eigenvalue weighted by atomic mass is 32.2. The molecule has 0 aliphatic carbocycles. The molecule has 2 rings (SSSR count). The fourth-order valence-electron chi connectivity index (χ4n) is 1.96. The number of nitrogens with one attached hydrogen (secondary N) is 1. The van der Waals surface area contributed by atoms with E-state index in [1.807, 2.05) is 6.26 Å². The zero-order valence-corrected chi connectivity index (χ0v) is 10.5. The molecule has 17 heavy (non-hydrogen) atoms. The Hall–Kier alpha value is -1.07. The van der Waals surface area contributed by atoms with E-state index in [0.29, 0.717) is 12.1 Å². The summed E-state index contributed by atoms with van der Waals surface area (Å²) < 4.78 is 13.7. The van der Waals surface area contributed by atoms with E-state index in [0.717, 1.165) is 5.75 Å². The topological polar surface area (TPSA) is 32.3 Å². The lowest BCUT2D eigenvalue weighted by atomic mass is 10.1.